The molecule has 0 atom stereocenters. The van der Waals surface area contributed by atoms with Crippen LogP contribution >= 0.6 is 11.8 Å². The number of H-pyrrole nitrogens is 1. The van der Waals surface area contributed by atoms with Crippen molar-refractivity contribution in [2.75, 3.05) is 12.8 Å². The van der Waals surface area contributed by atoms with Gasteiger partial charge in [0.2, 0.25) is 0 Å². The number of imidazole rings is 1. The lowest BCUT2D eigenvalue weighted by atomic mass is 10.0. The molecule has 29 heavy (non-hydrogen) atoms. The Hall–Kier alpha value is -3.06. The van der Waals surface area contributed by atoms with Crippen molar-refractivity contribution in [3.63, 3.8) is 0 Å². The summed E-state index contributed by atoms with van der Waals surface area (Å²) in [5.74, 6) is -0.340. The molecule has 4 aromatic rings. The number of amides is 1. The van der Waals surface area contributed by atoms with Gasteiger partial charge in [-0.2, -0.15) is 0 Å². The summed E-state index contributed by atoms with van der Waals surface area (Å²) in [6, 6.07) is 14.5. The second kappa shape index (κ2) is 7.08. The number of aromatic nitrogens is 3. The standard InChI is InChI=1S/C22H19FN4OS/c1-29-22-24-12-20(27(22)15-5-3-2-4-6-15)21(28)26-10-9-19-17(13-26)16-11-14(23)7-8-18(16)25-19/h2-8,11-12,25H,9-10,13H2,1H3. The molecule has 5 nitrogen and oxygen atoms in total. The van der Waals surface area contributed by atoms with Crippen molar-refractivity contribution in [3.8, 4) is 5.69 Å². The van der Waals surface area contributed by atoms with E-state index >= 15 is 0 Å². The van der Waals surface area contributed by atoms with E-state index in [2.05, 4.69) is 9.97 Å². The van der Waals surface area contributed by atoms with E-state index in [1.165, 1.54) is 17.8 Å². The molecule has 1 amide bonds. The molecule has 2 aromatic heterocycles. The number of fused-ring (bicyclic) bond motifs is 3. The van der Waals surface area contributed by atoms with Gasteiger partial charge in [-0.1, -0.05) is 30.0 Å². The molecule has 0 aliphatic carbocycles. The summed E-state index contributed by atoms with van der Waals surface area (Å²) >= 11 is 1.50. The van der Waals surface area contributed by atoms with Gasteiger partial charge in [-0.05, 0) is 36.6 Å². The minimum Gasteiger partial charge on any atom is -0.358 e. The lowest BCUT2D eigenvalue weighted by Crippen LogP contribution is -2.36. The van der Waals surface area contributed by atoms with Gasteiger partial charge in [-0.15, -0.1) is 0 Å². The first-order chi connectivity index (χ1) is 14.2. The van der Waals surface area contributed by atoms with Gasteiger partial charge in [-0.25, -0.2) is 9.37 Å². The molecule has 5 rings (SSSR count). The van der Waals surface area contributed by atoms with E-state index in [-0.39, 0.29) is 11.7 Å². The van der Waals surface area contributed by atoms with Crippen molar-refractivity contribution >= 4 is 28.6 Å². The highest BCUT2D eigenvalue weighted by atomic mass is 32.2. The first kappa shape index (κ1) is 18.0. The SMILES string of the molecule is CSc1ncc(C(=O)N2CCc3[nH]c4ccc(F)cc4c3C2)n1-c1ccccc1. The molecule has 7 heteroatoms. The van der Waals surface area contributed by atoms with Crippen molar-refractivity contribution in [2.24, 2.45) is 0 Å². The molecule has 0 unspecified atom stereocenters. The van der Waals surface area contributed by atoms with Crippen LogP contribution in [0.5, 0.6) is 0 Å². The zero-order valence-corrected chi connectivity index (χ0v) is 16.7. The quantitative estimate of drug-likeness (QED) is 0.513. The van der Waals surface area contributed by atoms with Gasteiger partial charge in [0.1, 0.15) is 11.5 Å². The molecular formula is C22H19FN4OS. The molecule has 1 N–H and O–H groups in total. The third-order valence-corrected chi connectivity index (χ3v) is 6.02. The molecule has 146 valence electrons. The molecule has 3 heterocycles. The molecule has 0 saturated carbocycles. The number of hydrogen-bond donors (Lipinski definition) is 1. The van der Waals surface area contributed by atoms with Gasteiger partial charge >= 0.3 is 0 Å². The lowest BCUT2D eigenvalue weighted by Gasteiger charge is -2.27. The van der Waals surface area contributed by atoms with Crippen molar-refractivity contribution in [2.45, 2.75) is 18.1 Å². The summed E-state index contributed by atoms with van der Waals surface area (Å²) in [5, 5.41) is 1.62. The highest BCUT2D eigenvalue weighted by Crippen LogP contribution is 2.30. The van der Waals surface area contributed by atoms with E-state index in [0.29, 0.717) is 25.2 Å². The van der Waals surface area contributed by atoms with Crippen LogP contribution in [-0.2, 0) is 13.0 Å². The number of thioether (sulfide) groups is 1. The Morgan fingerprint density at radius 2 is 2.03 bits per heavy atom. The lowest BCUT2D eigenvalue weighted by molar-refractivity contribution is 0.0726. The maximum Gasteiger partial charge on any atom is 0.272 e. The number of carbonyl (C=O) groups excluding carboxylic acids is 1. The fourth-order valence-electron chi connectivity index (χ4n) is 3.98. The fourth-order valence-corrected chi connectivity index (χ4v) is 4.52. The van der Waals surface area contributed by atoms with Crippen LogP contribution in [0.3, 0.4) is 0 Å². The largest absolute Gasteiger partial charge is 0.358 e. The summed E-state index contributed by atoms with van der Waals surface area (Å²) in [6.45, 7) is 1.06. The highest BCUT2D eigenvalue weighted by Gasteiger charge is 2.28. The number of rotatable bonds is 3. The van der Waals surface area contributed by atoms with Crippen LogP contribution in [0.1, 0.15) is 21.7 Å². The molecule has 1 aliphatic heterocycles. The number of para-hydroxylation sites is 1. The number of aromatic amines is 1. The predicted octanol–water partition coefficient (Wildman–Crippen LogP) is 4.41. The van der Waals surface area contributed by atoms with Gasteiger partial charge in [-0.3, -0.25) is 9.36 Å². The van der Waals surface area contributed by atoms with Crippen molar-refractivity contribution in [3.05, 3.63) is 77.5 Å². The minimum absolute atomic E-state index is 0.0712. The zero-order valence-electron chi connectivity index (χ0n) is 15.9. The average molecular weight is 406 g/mol. The average Bonchev–Trinajstić information content (AvgIpc) is 3.34. The Bertz CT molecular complexity index is 1210. The molecular weight excluding hydrogens is 387 g/mol. The number of benzene rings is 2. The van der Waals surface area contributed by atoms with E-state index in [9.17, 15) is 9.18 Å². The van der Waals surface area contributed by atoms with Crippen LogP contribution in [0.2, 0.25) is 0 Å². The summed E-state index contributed by atoms with van der Waals surface area (Å²) < 4.78 is 15.7. The van der Waals surface area contributed by atoms with Gasteiger partial charge in [0.05, 0.1) is 6.20 Å². The topological polar surface area (TPSA) is 53.9 Å². The molecule has 0 saturated heterocycles. The van der Waals surface area contributed by atoms with Crippen LogP contribution < -0.4 is 0 Å². The molecule has 1 aliphatic rings. The predicted molar refractivity (Wildman–Crippen MR) is 112 cm³/mol. The van der Waals surface area contributed by atoms with Crippen molar-refractivity contribution in [1.29, 1.82) is 0 Å². The Balaban J connectivity index is 1.52. The van der Waals surface area contributed by atoms with Gasteiger partial charge in [0.15, 0.2) is 5.16 Å². The molecule has 0 radical (unpaired) electrons. The molecule has 0 spiro atoms. The van der Waals surface area contributed by atoms with Crippen LogP contribution in [0.4, 0.5) is 4.39 Å². The normalized spacial score (nSPS) is 13.7. The number of hydrogen-bond acceptors (Lipinski definition) is 3. The molecule has 0 bridgehead atoms. The maximum atomic E-state index is 13.8. The summed E-state index contributed by atoms with van der Waals surface area (Å²) in [4.78, 5) is 23.1. The van der Waals surface area contributed by atoms with Gasteiger partial charge < -0.3 is 9.88 Å². The van der Waals surface area contributed by atoms with Crippen LogP contribution in [0.25, 0.3) is 16.6 Å². The van der Waals surface area contributed by atoms with E-state index in [1.54, 1.807) is 18.3 Å². The summed E-state index contributed by atoms with van der Waals surface area (Å²) in [7, 11) is 0. The first-order valence-corrected chi connectivity index (χ1v) is 10.6. The number of nitrogens with one attached hydrogen (secondary N) is 1. The van der Waals surface area contributed by atoms with Gasteiger partial charge in [0.25, 0.3) is 5.91 Å². The van der Waals surface area contributed by atoms with E-state index in [4.69, 9.17) is 0 Å². The third kappa shape index (κ3) is 3.02. The van der Waals surface area contributed by atoms with E-state index in [0.717, 1.165) is 33.0 Å². The number of halogens is 1. The second-order valence-electron chi connectivity index (χ2n) is 7.05. The Labute approximate surface area is 171 Å². The van der Waals surface area contributed by atoms with Crippen LogP contribution in [0, 0.1) is 5.82 Å². The van der Waals surface area contributed by atoms with Gasteiger partial charge in [0, 0.05) is 47.4 Å². The summed E-state index contributed by atoms with van der Waals surface area (Å²) in [6.07, 6.45) is 4.31. The van der Waals surface area contributed by atoms with Crippen LogP contribution in [-0.4, -0.2) is 38.1 Å². The fraction of sp³-hybridized carbons (Fsp3) is 0.182. The minimum atomic E-state index is -0.269. The van der Waals surface area contributed by atoms with Crippen LogP contribution in [0.15, 0.2) is 59.9 Å². The monoisotopic (exact) mass is 406 g/mol. The Morgan fingerprint density at radius 1 is 1.21 bits per heavy atom. The van der Waals surface area contributed by atoms with Crippen molar-refractivity contribution < 1.29 is 9.18 Å². The maximum absolute atomic E-state index is 13.8. The smallest absolute Gasteiger partial charge is 0.272 e. The zero-order chi connectivity index (χ0) is 20.0. The molecule has 0 fully saturated rings. The number of nitrogens with zero attached hydrogens (tertiary/aromatic N) is 3. The highest BCUT2D eigenvalue weighted by molar-refractivity contribution is 7.98. The number of carbonyl (C=O) groups is 1. The molecule has 2 aromatic carbocycles. The second-order valence-corrected chi connectivity index (χ2v) is 7.82. The third-order valence-electron chi connectivity index (χ3n) is 5.37. The first-order valence-electron chi connectivity index (χ1n) is 9.41. The summed E-state index contributed by atoms with van der Waals surface area (Å²) in [5.41, 5.74) is 4.43. The van der Waals surface area contributed by atoms with Crippen molar-refractivity contribution in [1.82, 2.24) is 19.4 Å². The van der Waals surface area contributed by atoms with E-state index < -0.39 is 0 Å². The van der Waals surface area contributed by atoms with E-state index in [1.807, 2.05) is 46.1 Å². The Kier molecular flexibility index (Phi) is 4.39. The Morgan fingerprint density at radius 3 is 2.83 bits per heavy atom.